The summed E-state index contributed by atoms with van der Waals surface area (Å²) in [6.07, 6.45) is 4.44. The standard InChI is InChI=1S/C23H27N3O5S.C7H11N3O3S/c1-17(2)26-16-22(24-13-23(26)27)32(28,29)25(14-18-5-9-20(30-3)10-6-18)15-19-7-11-21(31-4)12-8-19;1-5(2)10-4-6(14(8,12)13)9-3-7(10)11/h5-13,16-17H,14-15H2,1-4H3;3-5H,1-2H3,(H2,8,12,13). The Morgan fingerprint density at radius 2 is 1.07 bits per heavy atom. The van der Waals surface area contributed by atoms with E-state index in [0.717, 1.165) is 29.7 Å². The number of nitrogens with zero attached hydrogens (tertiary/aromatic N) is 5. The van der Waals surface area contributed by atoms with Crippen molar-refractivity contribution in [3.8, 4) is 11.5 Å². The molecule has 2 aromatic carbocycles. The Labute approximate surface area is 268 Å². The van der Waals surface area contributed by atoms with E-state index in [1.54, 1.807) is 52.3 Å². The second-order valence-corrected chi connectivity index (χ2v) is 14.0. The average Bonchev–Trinajstić information content (AvgIpc) is 3.01. The zero-order valence-corrected chi connectivity index (χ0v) is 28.0. The maximum Gasteiger partial charge on any atom is 0.269 e. The number of hydrogen-bond donors (Lipinski definition) is 1. The first-order valence-corrected chi connectivity index (χ1v) is 17.0. The first-order chi connectivity index (χ1) is 21.6. The van der Waals surface area contributed by atoms with Crippen molar-refractivity contribution < 1.29 is 26.3 Å². The summed E-state index contributed by atoms with van der Waals surface area (Å²) in [5.74, 6) is 1.37. The highest BCUT2D eigenvalue weighted by Crippen LogP contribution is 2.22. The van der Waals surface area contributed by atoms with Gasteiger partial charge in [-0.25, -0.2) is 31.9 Å². The average molecular weight is 675 g/mol. The van der Waals surface area contributed by atoms with Gasteiger partial charge in [0.15, 0.2) is 10.1 Å². The predicted molar refractivity (Wildman–Crippen MR) is 172 cm³/mol. The van der Waals surface area contributed by atoms with Gasteiger partial charge in [0.1, 0.15) is 11.5 Å². The molecule has 0 unspecified atom stereocenters. The summed E-state index contributed by atoms with van der Waals surface area (Å²) in [6.45, 7) is 7.39. The summed E-state index contributed by atoms with van der Waals surface area (Å²) in [5.41, 5.74) is 0.878. The molecule has 4 aromatic rings. The molecule has 0 aliphatic rings. The van der Waals surface area contributed by atoms with Gasteiger partial charge in [-0.1, -0.05) is 24.3 Å². The zero-order chi connectivity index (χ0) is 34.2. The molecule has 0 saturated heterocycles. The topological polar surface area (TPSA) is 186 Å². The summed E-state index contributed by atoms with van der Waals surface area (Å²) in [5, 5.41) is 4.40. The maximum absolute atomic E-state index is 13.6. The molecule has 14 nitrogen and oxygen atoms in total. The van der Waals surface area contributed by atoms with Gasteiger partial charge in [0, 0.05) is 37.6 Å². The third-order valence-corrected chi connectivity index (χ3v) is 9.13. The Hall–Kier alpha value is -4.38. The van der Waals surface area contributed by atoms with Crippen molar-refractivity contribution in [3.05, 3.63) is 105 Å². The van der Waals surface area contributed by atoms with Gasteiger partial charge in [-0.15, -0.1) is 0 Å². The zero-order valence-electron chi connectivity index (χ0n) is 26.4. The minimum Gasteiger partial charge on any atom is -0.497 e. The highest BCUT2D eigenvalue weighted by atomic mass is 32.2. The van der Waals surface area contributed by atoms with Crippen LogP contribution in [0.5, 0.6) is 11.5 Å². The van der Waals surface area contributed by atoms with Gasteiger partial charge in [-0.05, 0) is 63.1 Å². The van der Waals surface area contributed by atoms with E-state index in [-0.39, 0.29) is 46.3 Å². The van der Waals surface area contributed by atoms with E-state index >= 15 is 0 Å². The molecule has 4 rings (SSSR count). The highest BCUT2D eigenvalue weighted by molar-refractivity contribution is 7.89. The lowest BCUT2D eigenvalue weighted by Gasteiger charge is -2.23. The van der Waals surface area contributed by atoms with Crippen LogP contribution in [0.15, 0.2) is 93.0 Å². The fourth-order valence-electron chi connectivity index (χ4n) is 4.12. The third-order valence-electron chi connectivity index (χ3n) is 6.66. The molecule has 248 valence electrons. The monoisotopic (exact) mass is 674 g/mol. The molecule has 0 aliphatic heterocycles. The molecule has 0 atom stereocenters. The number of ether oxygens (including phenoxy) is 2. The van der Waals surface area contributed by atoms with E-state index in [2.05, 4.69) is 9.97 Å². The second kappa shape index (κ2) is 15.3. The quantitative estimate of drug-likeness (QED) is 0.248. The van der Waals surface area contributed by atoms with Gasteiger partial charge < -0.3 is 18.6 Å². The lowest BCUT2D eigenvalue weighted by atomic mass is 10.2. The highest BCUT2D eigenvalue weighted by Gasteiger charge is 2.27. The lowest BCUT2D eigenvalue weighted by Crippen LogP contribution is -2.32. The molecule has 2 heterocycles. The van der Waals surface area contributed by atoms with Crippen molar-refractivity contribution in [2.45, 2.75) is 62.9 Å². The molecule has 0 radical (unpaired) electrons. The Kier molecular flexibility index (Phi) is 12.0. The lowest BCUT2D eigenvalue weighted by molar-refractivity contribution is 0.395. The number of aromatic nitrogens is 4. The number of methoxy groups -OCH3 is 2. The SMILES string of the molecule is CC(C)n1cc(S(N)(=O)=O)ncc1=O.COc1ccc(CN(Cc2ccc(OC)cc2)S(=O)(=O)c2cn(C(C)C)c(=O)cn2)cc1. The van der Waals surface area contributed by atoms with Crippen LogP contribution in [0, 0.1) is 0 Å². The van der Waals surface area contributed by atoms with Crippen molar-refractivity contribution in [3.63, 3.8) is 0 Å². The van der Waals surface area contributed by atoms with Gasteiger partial charge in [-0.2, -0.15) is 4.31 Å². The van der Waals surface area contributed by atoms with Crippen LogP contribution in [-0.2, 0) is 33.1 Å². The minimum atomic E-state index is -4.00. The second-order valence-electron chi connectivity index (χ2n) is 10.6. The van der Waals surface area contributed by atoms with Crippen LogP contribution in [0.2, 0.25) is 0 Å². The summed E-state index contributed by atoms with van der Waals surface area (Å²) in [7, 11) is -4.70. The number of primary sulfonamides is 1. The van der Waals surface area contributed by atoms with Gasteiger partial charge in [-0.3, -0.25) is 9.59 Å². The van der Waals surface area contributed by atoms with Gasteiger partial charge in [0.05, 0.1) is 26.6 Å². The molecular weight excluding hydrogens is 636 g/mol. The molecular formula is C30H38N6O8S2. The normalized spacial score (nSPS) is 11.8. The van der Waals surface area contributed by atoms with Gasteiger partial charge >= 0.3 is 0 Å². The van der Waals surface area contributed by atoms with Crippen molar-refractivity contribution in [2.24, 2.45) is 5.14 Å². The van der Waals surface area contributed by atoms with Crippen LogP contribution in [0.3, 0.4) is 0 Å². The number of rotatable bonds is 11. The number of nitrogens with two attached hydrogens (primary N) is 1. The third kappa shape index (κ3) is 9.32. The van der Waals surface area contributed by atoms with Crippen molar-refractivity contribution in [1.82, 2.24) is 23.4 Å². The molecule has 0 fully saturated rings. The smallest absolute Gasteiger partial charge is 0.269 e. The van der Waals surface area contributed by atoms with Crippen molar-refractivity contribution in [1.29, 1.82) is 0 Å². The maximum atomic E-state index is 13.6. The minimum absolute atomic E-state index is 0.126. The van der Waals surface area contributed by atoms with E-state index in [4.69, 9.17) is 14.6 Å². The Bertz CT molecular complexity index is 1910. The van der Waals surface area contributed by atoms with Gasteiger partial charge in [0.25, 0.3) is 31.2 Å². The van der Waals surface area contributed by atoms with E-state index in [9.17, 15) is 26.4 Å². The Balaban J connectivity index is 0.000000344. The van der Waals surface area contributed by atoms with Crippen molar-refractivity contribution >= 4 is 20.0 Å². The summed E-state index contributed by atoms with van der Waals surface area (Å²) >= 11 is 0. The van der Waals surface area contributed by atoms with Crippen LogP contribution < -0.4 is 25.7 Å². The van der Waals surface area contributed by atoms with Crippen LogP contribution in [0.4, 0.5) is 0 Å². The van der Waals surface area contributed by atoms with Crippen LogP contribution >= 0.6 is 0 Å². The summed E-state index contributed by atoms with van der Waals surface area (Å²) in [4.78, 5) is 30.7. The van der Waals surface area contributed by atoms with Gasteiger partial charge in [0.2, 0.25) is 0 Å². The largest absolute Gasteiger partial charge is 0.497 e. The molecule has 0 bridgehead atoms. The number of hydrogen-bond acceptors (Lipinski definition) is 10. The number of benzene rings is 2. The van der Waals surface area contributed by atoms with Crippen molar-refractivity contribution in [2.75, 3.05) is 14.2 Å². The predicted octanol–water partition coefficient (Wildman–Crippen LogP) is 2.70. The fraction of sp³-hybridized carbons (Fsp3) is 0.333. The van der Waals surface area contributed by atoms with Crippen LogP contribution in [0.1, 0.15) is 50.9 Å². The fourth-order valence-corrected chi connectivity index (χ4v) is 5.91. The van der Waals surface area contributed by atoms with E-state index in [1.165, 1.54) is 19.6 Å². The first-order valence-electron chi connectivity index (χ1n) is 14.0. The Morgan fingerprint density at radius 3 is 1.41 bits per heavy atom. The van der Waals surface area contributed by atoms with Crippen LogP contribution in [-0.4, -0.2) is 54.5 Å². The first kappa shape index (κ1) is 36.1. The summed E-state index contributed by atoms with van der Waals surface area (Å²) in [6, 6.07) is 14.1. The van der Waals surface area contributed by atoms with E-state index < -0.39 is 20.0 Å². The molecule has 0 saturated carbocycles. The number of sulfonamides is 2. The van der Waals surface area contributed by atoms with E-state index in [0.29, 0.717) is 11.5 Å². The Morgan fingerprint density at radius 1 is 0.696 bits per heavy atom. The molecule has 0 amide bonds. The summed E-state index contributed by atoms with van der Waals surface area (Å²) < 4.78 is 63.3. The molecule has 2 aromatic heterocycles. The van der Waals surface area contributed by atoms with Crippen LogP contribution in [0.25, 0.3) is 0 Å². The molecule has 0 spiro atoms. The molecule has 2 N–H and O–H groups in total. The van der Waals surface area contributed by atoms with E-state index in [1.807, 2.05) is 38.1 Å². The molecule has 16 heteroatoms. The molecule has 0 aliphatic carbocycles. The molecule has 46 heavy (non-hydrogen) atoms.